The minimum atomic E-state index is -0.944. The molecule has 1 aromatic carbocycles. The molecule has 0 amide bonds. The zero-order valence-electron chi connectivity index (χ0n) is 6.97. The Bertz CT molecular complexity index is 350. The summed E-state index contributed by atoms with van der Waals surface area (Å²) in [7, 11) is 0. The van der Waals surface area contributed by atoms with Crippen molar-refractivity contribution in [3.63, 3.8) is 0 Å². The predicted octanol–water partition coefficient (Wildman–Crippen LogP) is 3.24. The van der Waals surface area contributed by atoms with Crippen LogP contribution < -0.4 is 0 Å². The molecule has 0 fully saturated rings. The van der Waals surface area contributed by atoms with Crippen molar-refractivity contribution < 1.29 is 9.90 Å². The van der Waals surface area contributed by atoms with E-state index in [2.05, 4.69) is 15.9 Å². The molecule has 0 heterocycles. The van der Waals surface area contributed by atoms with Gasteiger partial charge in [0.1, 0.15) is 0 Å². The minimum Gasteiger partial charge on any atom is -0.478 e. The Balaban J connectivity index is 3.28. The summed E-state index contributed by atoms with van der Waals surface area (Å²) < 4.78 is 0. The fraction of sp³-hybridized carbons (Fsp3) is 0.222. The molecule has 0 spiro atoms. The molecule has 2 nitrogen and oxygen atoms in total. The predicted molar refractivity (Wildman–Crippen MR) is 55.8 cm³/mol. The monoisotopic (exact) mass is 262 g/mol. The van der Waals surface area contributed by atoms with Crippen LogP contribution in [0.3, 0.4) is 0 Å². The number of carboxylic acid groups (broad SMARTS) is 1. The Morgan fingerprint density at radius 3 is 2.69 bits per heavy atom. The molecule has 1 N–H and O–H groups in total. The molecule has 0 aromatic heterocycles. The number of carboxylic acids is 1. The number of aryl methyl sites for hydroxylation is 1. The van der Waals surface area contributed by atoms with Crippen molar-refractivity contribution >= 4 is 33.5 Å². The number of halogens is 2. The maximum absolute atomic E-state index is 10.7. The van der Waals surface area contributed by atoms with Crippen LogP contribution in [-0.2, 0) is 5.33 Å². The van der Waals surface area contributed by atoms with Crippen molar-refractivity contribution in [2.75, 3.05) is 0 Å². The largest absolute Gasteiger partial charge is 0.478 e. The van der Waals surface area contributed by atoms with Crippen LogP contribution in [0.5, 0.6) is 0 Å². The molecule has 0 radical (unpaired) electrons. The molecule has 13 heavy (non-hydrogen) atoms. The van der Waals surface area contributed by atoms with E-state index in [4.69, 9.17) is 16.7 Å². The number of aromatic carboxylic acids is 1. The zero-order chi connectivity index (χ0) is 10.0. The molecule has 1 aromatic rings. The normalized spacial score (nSPS) is 10.1. The van der Waals surface area contributed by atoms with E-state index in [9.17, 15) is 4.79 Å². The smallest absolute Gasteiger partial charge is 0.336 e. The zero-order valence-corrected chi connectivity index (χ0v) is 9.32. The van der Waals surface area contributed by atoms with Crippen LogP contribution in [0, 0.1) is 6.92 Å². The van der Waals surface area contributed by atoms with Gasteiger partial charge in [-0.05, 0) is 24.1 Å². The van der Waals surface area contributed by atoms with E-state index in [0.717, 1.165) is 11.1 Å². The van der Waals surface area contributed by atoms with E-state index in [-0.39, 0.29) is 5.56 Å². The summed E-state index contributed by atoms with van der Waals surface area (Å²) in [5.41, 5.74) is 1.89. The summed E-state index contributed by atoms with van der Waals surface area (Å²) in [6.07, 6.45) is 0. The van der Waals surface area contributed by atoms with Gasteiger partial charge in [-0.1, -0.05) is 33.6 Å². The lowest BCUT2D eigenvalue weighted by Gasteiger charge is -2.05. The molecule has 0 atom stereocenters. The molecule has 0 bridgehead atoms. The van der Waals surface area contributed by atoms with Crippen molar-refractivity contribution in [2.24, 2.45) is 0 Å². The average molecular weight is 264 g/mol. The number of rotatable bonds is 2. The first-order valence-corrected chi connectivity index (χ1v) is 5.14. The fourth-order valence-electron chi connectivity index (χ4n) is 1.07. The molecule has 0 unspecified atom stereocenters. The lowest BCUT2D eigenvalue weighted by molar-refractivity contribution is 0.0696. The van der Waals surface area contributed by atoms with Crippen molar-refractivity contribution in [1.29, 1.82) is 0 Å². The Hall–Kier alpha value is -0.540. The van der Waals surface area contributed by atoms with Gasteiger partial charge in [-0.25, -0.2) is 4.79 Å². The van der Waals surface area contributed by atoms with E-state index in [1.54, 1.807) is 13.0 Å². The Labute approximate surface area is 89.7 Å². The number of hydrogen-bond donors (Lipinski definition) is 1. The first kappa shape index (κ1) is 10.5. The molecule has 0 aliphatic heterocycles. The van der Waals surface area contributed by atoms with Crippen molar-refractivity contribution in [1.82, 2.24) is 0 Å². The van der Waals surface area contributed by atoms with Crippen molar-refractivity contribution in [3.05, 3.63) is 33.8 Å². The highest BCUT2D eigenvalue weighted by molar-refractivity contribution is 9.08. The summed E-state index contributed by atoms with van der Waals surface area (Å²) in [4.78, 5) is 10.7. The molecule has 0 aliphatic rings. The Morgan fingerprint density at radius 1 is 1.62 bits per heavy atom. The fourth-order valence-corrected chi connectivity index (χ4v) is 1.93. The Kier molecular flexibility index (Phi) is 3.33. The quantitative estimate of drug-likeness (QED) is 0.832. The maximum atomic E-state index is 10.7. The second kappa shape index (κ2) is 4.11. The van der Waals surface area contributed by atoms with Gasteiger partial charge in [-0.3, -0.25) is 0 Å². The van der Waals surface area contributed by atoms with Crippen LogP contribution >= 0.6 is 27.5 Å². The molecular formula is C9H8BrClO2. The number of benzene rings is 1. The van der Waals surface area contributed by atoms with Gasteiger partial charge in [-0.2, -0.15) is 0 Å². The number of alkyl halides is 1. The standard InChI is InChI=1S/C9H8BrClO2/c1-5-2-6(4-10)8(11)3-7(5)9(12)13/h2-3H,4H2,1H3,(H,12,13). The van der Waals surface area contributed by atoms with E-state index >= 15 is 0 Å². The molecule has 70 valence electrons. The number of hydrogen-bond acceptors (Lipinski definition) is 1. The van der Waals surface area contributed by atoms with Crippen molar-refractivity contribution in [2.45, 2.75) is 12.3 Å². The van der Waals surface area contributed by atoms with Gasteiger partial charge in [0, 0.05) is 10.4 Å². The summed E-state index contributed by atoms with van der Waals surface area (Å²) in [6, 6.07) is 3.26. The van der Waals surface area contributed by atoms with Crippen LogP contribution in [0.1, 0.15) is 21.5 Å². The van der Waals surface area contributed by atoms with Crippen LogP contribution in [-0.4, -0.2) is 11.1 Å². The van der Waals surface area contributed by atoms with Crippen LogP contribution in [0.25, 0.3) is 0 Å². The lowest BCUT2D eigenvalue weighted by atomic mass is 10.1. The van der Waals surface area contributed by atoms with Gasteiger partial charge in [0.05, 0.1) is 5.56 Å². The lowest BCUT2D eigenvalue weighted by Crippen LogP contribution is -2.00. The molecule has 1 rings (SSSR count). The van der Waals surface area contributed by atoms with Crippen LogP contribution in [0.2, 0.25) is 5.02 Å². The van der Waals surface area contributed by atoms with Gasteiger partial charge >= 0.3 is 5.97 Å². The summed E-state index contributed by atoms with van der Waals surface area (Å²) >= 11 is 9.12. The molecule has 0 saturated carbocycles. The van der Waals surface area contributed by atoms with Crippen molar-refractivity contribution in [3.8, 4) is 0 Å². The third-order valence-corrected chi connectivity index (χ3v) is 2.72. The number of carbonyl (C=O) groups is 1. The first-order chi connectivity index (χ1) is 6.06. The molecule has 0 saturated heterocycles. The molecular weight excluding hydrogens is 255 g/mol. The second-order valence-corrected chi connectivity index (χ2v) is 3.67. The third-order valence-electron chi connectivity index (χ3n) is 1.77. The molecule has 4 heteroatoms. The van der Waals surface area contributed by atoms with E-state index in [1.807, 2.05) is 0 Å². The first-order valence-electron chi connectivity index (χ1n) is 3.64. The Morgan fingerprint density at radius 2 is 2.23 bits per heavy atom. The van der Waals surface area contributed by atoms with Crippen LogP contribution in [0.4, 0.5) is 0 Å². The molecule has 0 aliphatic carbocycles. The van der Waals surface area contributed by atoms with Crippen LogP contribution in [0.15, 0.2) is 12.1 Å². The van der Waals surface area contributed by atoms with E-state index in [1.165, 1.54) is 6.07 Å². The minimum absolute atomic E-state index is 0.259. The highest BCUT2D eigenvalue weighted by Gasteiger charge is 2.10. The van der Waals surface area contributed by atoms with Gasteiger partial charge in [-0.15, -0.1) is 0 Å². The average Bonchev–Trinajstić information content (AvgIpc) is 2.07. The van der Waals surface area contributed by atoms with Gasteiger partial charge in [0.15, 0.2) is 0 Å². The van der Waals surface area contributed by atoms with Gasteiger partial charge in [0.25, 0.3) is 0 Å². The van der Waals surface area contributed by atoms with Gasteiger partial charge < -0.3 is 5.11 Å². The summed E-state index contributed by atoms with van der Waals surface area (Å²) in [6.45, 7) is 1.76. The topological polar surface area (TPSA) is 37.3 Å². The van der Waals surface area contributed by atoms with Gasteiger partial charge in [0.2, 0.25) is 0 Å². The van der Waals surface area contributed by atoms with E-state index < -0.39 is 5.97 Å². The SMILES string of the molecule is Cc1cc(CBr)c(Cl)cc1C(=O)O. The maximum Gasteiger partial charge on any atom is 0.336 e. The second-order valence-electron chi connectivity index (χ2n) is 2.70. The third kappa shape index (κ3) is 2.23. The highest BCUT2D eigenvalue weighted by atomic mass is 79.9. The summed E-state index contributed by atoms with van der Waals surface area (Å²) in [5.74, 6) is -0.944. The highest BCUT2D eigenvalue weighted by Crippen LogP contribution is 2.23. The summed E-state index contributed by atoms with van der Waals surface area (Å²) in [5, 5.41) is 9.90. The van der Waals surface area contributed by atoms with E-state index in [0.29, 0.717) is 10.4 Å².